The molecule has 0 spiro atoms. The van der Waals surface area contributed by atoms with Gasteiger partial charge in [0.1, 0.15) is 0 Å². The first kappa shape index (κ1) is 12.7. The zero-order chi connectivity index (χ0) is 12.3. The zero-order valence-electron chi connectivity index (χ0n) is 8.55. The highest BCUT2D eigenvalue weighted by Gasteiger charge is 2.18. The SMILES string of the molecule is CC(Cl)C(=O)c1cccc(C(O)C(=O)O)c1. The molecule has 2 atom stereocenters. The standard InChI is InChI=1S/C11H11ClO4/c1-6(12)9(13)7-3-2-4-8(5-7)10(14)11(15)16/h2-6,10,14H,1H3,(H,15,16). The molecule has 0 saturated carbocycles. The number of carboxylic acids is 1. The fraction of sp³-hybridized carbons (Fsp3) is 0.273. The van der Waals surface area contributed by atoms with Crippen LogP contribution in [-0.4, -0.2) is 27.3 Å². The molecule has 0 aliphatic carbocycles. The third-order valence-electron chi connectivity index (χ3n) is 2.08. The number of rotatable bonds is 4. The number of alkyl halides is 1. The third kappa shape index (κ3) is 2.81. The number of carbonyl (C=O) groups excluding carboxylic acids is 1. The predicted octanol–water partition coefficient (Wildman–Crippen LogP) is 1.61. The second-order valence-corrected chi connectivity index (χ2v) is 4.00. The molecule has 86 valence electrons. The molecule has 5 heteroatoms. The van der Waals surface area contributed by atoms with Gasteiger partial charge in [0.05, 0.1) is 5.38 Å². The molecule has 1 rings (SSSR count). The Hall–Kier alpha value is -1.39. The number of Topliss-reactive ketones (excluding diaryl/α,β-unsaturated/α-hetero) is 1. The van der Waals surface area contributed by atoms with Crippen molar-refractivity contribution < 1.29 is 19.8 Å². The molecular weight excluding hydrogens is 232 g/mol. The lowest BCUT2D eigenvalue weighted by molar-refractivity contribution is -0.146. The molecule has 0 aliphatic heterocycles. The number of carbonyl (C=O) groups is 2. The van der Waals surface area contributed by atoms with Crippen molar-refractivity contribution in [1.29, 1.82) is 0 Å². The largest absolute Gasteiger partial charge is 0.479 e. The molecular formula is C11H11ClO4. The molecule has 1 aromatic rings. The van der Waals surface area contributed by atoms with Gasteiger partial charge in [-0.15, -0.1) is 11.6 Å². The van der Waals surface area contributed by atoms with Crippen molar-refractivity contribution in [2.75, 3.05) is 0 Å². The van der Waals surface area contributed by atoms with Crippen LogP contribution in [0.5, 0.6) is 0 Å². The van der Waals surface area contributed by atoms with E-state index in [4.69, 9.17) is 16.7 Å². The second kappa shape index (κ2) is 5.09. The van der Waals surface area contributed by atoms with Crippen molar-refractivity contribution in [2.45, 2.75) is 18.4 Å². The Morgan fingerprint density at radius 1 is 1.38 bits per heavy atom. The van der Waals surface area contributed by atoms with E-state index in [1.807, 2.05) is 0 Å². The monoisotopic (exact) mass is 242 g/mol. The Labute approximate surface area is 97.5 Å². The topological polar surface area (TPSA) is 74.6 Å². The molecule has 4 nitrogen and oxygen atoms in total. The number of aliphatic hydroxyl groups excluding tert-OH is 1. The molecule has 0 saturated heterocycles. The number of halogens is 1. The summed E-state index contributed by atoms with van der Waals surface area (Å²) < 4.78 is 0. The van der Waals surface area contributed by atoms with Crippen LogP contribution in [0.25, 0.3) is 0 Å². The molecule has 16 heavy (non-hydrogen) atoms. The lowest BCUT2D eigenvalue weighted by Gasteiger charge is -2.08. The molecule has 1 aromatic carbocycles. The number of ketones is 1. The highest BCUT2D eigenvalue weighted by molar-refractivity contribution is 6.33. The quantitative estimate of drug-likeness (QED) is 0.621. The van der Waals surface area contributed by atoms with Crippen LogP contribution in [0.3, 0.4) is 0 Å². The summed E-state index contributed by atoms with van der Waals surface area (Å²) in [6, 6.07) is 5.81. The first-order valence-corrected chi connectivity index (χ1v) is 5.06. The minimum absolute atomic E-state index is 0.163. The van der Waals surface area contributed by atoms with Crippen LogP contribution < -0.4 is 0 Å². The summed E-state index contributed by atoms with van der Waals surface area (Å²) in [5.74, 6) is -1.66. The van der Waals surface area contributed by atoms with Crippen LogP contribution in [0.2, 0.25) is 0 Å². The maximum absolute atomic E-state index is 11.5. The number of aliphatic hydroxyl groups is 1. The predicted molar refractivity (Wildman–Crippen MR) is 58.7 cm³/mol. The lowest BCUT2D eigenvalue weighted by Crippen LogP contribution is -2.14. The normalized spacial score (nSPS) is 14.2. The van der Waals surface area contributed by atoms with Crippen molar-refractivity contribution in [3.63, 3.8) is 0 Å². The zero-order valence-corrected chi connectivity index (χ0v) is 9.31. The Morgan fingerprint density at radius 3 is 2.50 bits per heavy atom. The fourth-order valence-corrected chi connectivity index (χ4v) is 1.36. The van der Waals surface area contributed by atoms with Gasteiger partial charge in [-0.2, -0.15) is 0 Å². The van der Waals surface area contributed by atoms with E-state index in [1.54, 1.807) is 0 Å². The van der Waals surface area contributed by atoms with Gasteiger partial charge in [-0.1, -0.05) is 18.2 Å². The van der Waals surface area contributed by atoms with Crippen LogP contribution in [0, 0.1) is 0 Å². The number of aliphatic carboxylic acids is 1. The average Bonchev–Trinajstić information content (AvgIpc) is 2.26. The maximum atomic E-state index is 11.5. The molecule has 2 N–H and O–H groups in total. The third-order valence-corrected chi connectivity index (χ3v) is 2.28. The van der Waals surface area contributed by atoms with Gasteiger partial charge in [0, 0.05) is 5.56 Å². The Balaban J connectivity index is 3.04. The molecule has 0 fully saturated rings. The molecule has 2 unspecified atom stereocenters. The summed E-state index contributed by atoms with van der Waals surface area (Å²) in [5, 5.41) is 17.2. The molecule has 0 radical (unpaired) electrons. The molecule has 0 aromatic heterocycles. The van der Waals surface area contributed by atoms with Gasteiger partial charge in [0.25, 0.3) is 0 Å². The molecule has 0 aliphatic rings. The van der Waals surface area contributed by atoms with Crippen molar-refractivity contribution in [1.82, 2.24) is 0 Å². The van der Waals surface area contributed by atoms with Crippen LogP contribution >= 0.6 is 11.6 Å². The number of carboxylic acid groups (broad SMARTS) is 1. The lowest BCUT2D eigenvalue weighted by atomic mass is 10.0. The summed E-state index contributed by atoms with van der Waals surface area (Å²) in [6.45, 7) is 1.53. The number of hydrogen-bond acceptors (Lipinski definition) is 3. The van der Waals surface area contributed by atoms with E-state index < -0.39 is 17.5 Å². The fourth-order valence-electron chi connectivity index (χ4n) is 1.23. The Kier molecular flexibility index (Phi) is 4.04. The Morgan fingerprint density at radius 2 is 2.00 bits per heavy atom. The van der Waals surface area contributed by atoms with E-state index in [0.717, 1.165) is 0 Å². The first-order chi connectivity index (χ1) is 7.43. The molecule has 0 amide bonds. The van der Waals surface area contributed by atoms with Crippen LogP contribution in [0.4, 0.5) is 0 Å². The minimum atomic E-state index is -1.63. The van der Waals surface area contributed by atoms with E-state index in [1.165, 1.54) is 31.2 Å². The van der Waals surface area contributed by atoms with Gasteiger partial charge in [0.15, 0.2) is 11.9 Å². The van der Waals surface area contributed by atoms with Gasteiger partial charge in [-0.3, -0.25) is 4.79 Å². The number of hydrogen-bond donors (Lipinski definition) is 2. The first-order valence-electron chi connectivity index (χ1n) is 4.62. The van der Waals surface area contributed by atoms with Crippen molar-refractivity contribution in [3.8, 4) is 0 Å². The summed E-state index contributed by atoms with van der Waals surface area (Å²) in [5.41, 5.74) is 0.455. The van der Waals surface area contributed by atoms with Crippen molar-refractivity contribution in [2.24, 2.45) is 0 Å². The smallest absolute Gasteiger partial charge is 0.337 e. The second-order valence-electron chi connectivity index (χ2n) is 3.35. The minimum Gasteiger partial charge on any atom is -0.479 e. The summed E-state index contributed by atoms with van der Waals surface area (Å²) in [4.78, 5) is 22.1. The van der Waals surface area contributed by atoms with Crippen molar-refractivity contribution in [3.05, 3.63) is 35.4 Å². The van der Waals surface area contributed by atoms with Crippen molar-refractivity contribution >= 4 is 23.4 Å². The maximum Gasteiger partial charge on any atom is 0.337 e. The number of benzene rings is 1. The van der Waals surface area contributed by atoms with Gasteiger partial charge < -0.3 is 10.2 Å². The van der Waals surface area contributed by atoms with E-state index in [9.17, 15) is 14.7 Å². The van der Waals surface area contributed by atoms with E-state index in [-0.39, 0.29) is 11.3 Å². The van der Waals surface area contributed by atoms with Gasteiger partial charge in [0.2, 0.25) is 0 Å². The van der Waals surface area contributed by atoms with Crippen LogP contribution in [-0.2, 0) is 4.79 Å². The summed E-state index contributed by atoms with van der Waals surface area (Å²) >= 11 is 5.63. The van der Waals surface area contributed by atoms with Crippen LogP contribution in [0.15, 0.2) is 24.3 Å². The highest BCUT2D eigenvalue weighted by atomic mass is 35.5. The average molecular weight is 243 g/mol. The Bertz CT molecular complexity index is 414. The summed E-state index contributed by atoms with van der Waals surface area (Å²) in [6.07, 6.45) is -1.63. The highest BCUT2D eigenvalue weighted by Crippen LogP contribution is 2.16. The van der Waals surface area contributed by atoms with E-state index in [0.29, 0.717) is 5.56 Å². The molecule has 0 bridgehead atoms. The van der Waals surface area contributed by atoms with Crippen LogP contribution in [0.1, 0.15) is 28.9 Å². The molecule has 0 heterocycles. The van der Waals surface area contributed by atoms with Gasteiger partial charge in [-0.05, 0) is 18.6 Å². The van der Waals surface area contributed by atoms with Gasteiger partial charge in [-0.25, -0.2) is 4.79 Å². The van der Waals surface area contributed by atoms with Gasteiger partial charge >= 0.3 is 5.97 Å². The summed E-state index contributed by atoms with van der Waals surface area (Å²) in [7, 11) is 0. The van der Waals surface area contributed by atoms with E-state index >= 15 is 0 Å². The van der Waals surface area contributed by atoms with E-state index in [2.05, 4.69) is 0 Å².